The molecule has 1 N–H and O–H groups in total. The molecule has 176 valence electrons. The lowest BCUT2D eigenvalue weighted by Crippen LogP contribution is -2.44. The van der Waals surface area contributed by atoms with E-state index in [0.29, 0.717) is 23.6 Å². The fraction of sp³-hybridized carbons (Fsp3) is 0.481. The van der Waals surface area contributed by atoms with Crippen molar-refractivity contribution in [2.75, 3.05) is 49.6 Å². The van der Waals surface area contributed by atoms with Crippen LogP contribution in [0.3, 0.4) is 0 Å². The van der Waals surface area contributed by atoms with E-state index in [1.54, 1.807) is 19.2 Å². The molecule has 0 spiro atoms. The second-order valence-corrected chi connectivity index (χ2v) is 9.41. The SMILES string of the molecule is C/C=C1/c2ccc(O)cc2CCN1c1ccc(N2CCC(N3CCC(OC)CC3)C2)c(F)c1. The number of benzene rings is 2. The third kappa shape index (κ3) is 4.34. The molecular formula is C27H34FN3O2. The van der Waals surface area contributed by atoms with E-state index in [1.165, 1.54) is 0 Å². The zero-order chi connectivity index (χ0) is 22.9. The summed E-state index contributed by atoms with van der Waals surface area (Å²) in [5.74, 6) is 0.137. The molecule has 1 atom stereocenters. The van der Waals surface area contributed by atoms with Gasteiger partial charge in [-0.15, -0.1) is 0 Å². The number of methoxy groups -OCH3 is 1. The molecular weight excluding hydrogens is 417 g/mol. The maximum atomic E-state index is 15.4. The molecule has 3 heterocycles. The van der Waals surface area contributed by atoms with E-state index in [4.69, 9.17) is 4.74 Å². The number of anilines is 2. The van der Waals surface area contributed by atoms with Crippen molar-refractivity contribution < 1.29 is 14.2 Å². The zero-order valence-corrected chi connectivity index (χ0v) is 19.6. The minimum absolute atomic E-state index is 0.154. The zero-order valence-electron chi connectivity index (χ0n) is 19.6. The standard InChI is InChI=1S/C27H34FN3O2/c1-3-26-24-6-5-22(32)16-19(24)8-15-31(26)20-4-7-27(25(28)17-20)30-12-9-21(18-30)29-13-10-23(33-2)11-14-29/h3-7,16-17,21,23,32H,8-15,18H2,1-2H3/b26-3-. The van der Waals surface area contributed by atoms with E-state index in [0.717, 1.165) is 80.9 Å². The number of aromatic hydroxyl groups is 1. The van der Waals surface area contributed by atoms with Crippen LogP contribution in [0.5, 0.6) is 5.75 Å². The molecule has 2 fully saturated rings. The van der Waals surface area contributed by atoms with Crippen molar-refractivity contribution in [2.45, 2.75) is 44.8 Å². The van der Waals surface area contributed by atoms with Crippen LogP contribution in [-0.4, -0.2) is 62.0 Å². The first-order valence-electron chi connectivity index (χ1n) is 12.1. The Morgan fingerprint density at radius 3 is 2.58 bits per heavy atom. The first-order chi connectivity index (χ1) is 16.1. The average molecular weight is 452 g/mol. The average Bonchev–Trinajstić information content (AvgIpc) is 3.33. The van der Waals surface area contributed by atoms with Crippen LogP contribution in [0.4, 0.5) is 15.8 Å². The molecule has 2 aromatic carbocycles. The Balaban J connectivity index is 1.30. The number of piperidine rings is 1. The minimum Gasteiger partial charge on any atom is -0.508 e. The second kappa shape index (κ2) is 9.35. The molecule has 2 aromatic rings. The molecule has 0 saturated carbocycles. The summed E-state index contributed by atoms with van der Waals surface area (Å²) >= 11 is 0. The van der Waals surface area contributed by atoms with Gasteiger partial charge in [-0.3, -0.25) is 4.90 Å². The summed E-state index contributed by atoms with van der Waals surface area (Å²) in [6, 6.07) is 11.7. The van der Waals surface area contributed by atoms with Crippen LogP contribution in [0.2, 0.25) is 0 Å². The molecule has 5 nitrogen and oxygen atoms in total. The van der Waals surface area contributed by atoms with Crippen molar-refractivity contribution in [3.05, 3.63) is 59.4 Å². The van der Waals surface area contributed by atoms with Gasteiger partial charge in [0.1, 0.15) is 11.6 Å². The Morgan fingerprint density at radius 2 is 1.85 bits per heavy atom. The predicted octanol–water partition coefficient (Wildman–Crippen LogP) is 4.64. The van der Waals surface area contributed by atoms with Gasteiger partial charge in [-0.25, -0.2) is 4.39 Å². The van der Waals surface area contributed by atoms with Gasteiger partial charge in [0.2, 0.25) is 0 Å². The van der Waals surface area contributed by atoms with Crippen LogP contribution in [0.1, 0.15) is 37.3 Å². The van der Waals surface area contributed by atoms with Crippen LogP contribution >= 0.6 is 0 Å². The lowest BCUT2D eigenvalue weighted by Gasteiger charge is -2.35. The summed E-state index contributed by atoms with van der Waals surface area (Å²) in [5, 5.41) is 9.83. The van der Waals surface area contributed by atoms with Gasteiger partial charge in [-0.05, 0) is 74.6 Å². The molecule has 1 unspecified atom stereocenters. The van der Waals surface area contributed by atoms with Gasteiger partial charge in [0.15, 0.2) is 0 Å². The number of hydrogen-bond acceptors (Lipinski definition) is 5. The van der Waals surface area contributed by atoms with Crippen molar-refractivity contribution in [2.24, 2.45) is 0 Å². The van der Waals surface area contributed by atoms with Crippen molar-refractivity contribution >= 4 is 17.1 Å². The number of allylic oxidation sites excluding steroid dienone is 1. The van der Waals surface area contributed by atoms with Gasteiger partial charge < -0.3 is 19.6 Å². The largest absolute Gasteiger partial charge is 0.508 e. The van der Waals surface area contributed by atoms with Crippen molar-refractivity contribution in [1.29, 1.82) is 0 Å². The third-order valence-electron chi connectivity index (χ3n) is 7.61. The Kier molecular flexibility index (Phi) is 6.30. The molecule has 3 aliphatic heterocycles. The Labute approximate surface area is 196 Å². The summed E-state index contributed by atoms with van der Waals surface area (Å²) in [5.41, 5.74) is 4.88. The Hall–Kier alpha value is -2.57. The van der Waals surface area contributed by atoms with E-state index in [9.17, 15) is 5.11 Å². The second-order valence-electron chi connectivity index (χ2n) is 9.41. The fourth-order valence-corrected chi connectivity index (χ4v) is 5.77. The van der Waals surface area contributed by atoms with E-state index in [1.807, 2.05) is 31.2 Å². The molecule has 2 saturated heterocycles. The highest BCUT2D eigenvalue weighted by atomic mass is 19.1. The van der Waals surface area contributed by atoms with Crippen molar-refractivity contribution in [1.82, 2.24) is 4.90 Å². The fourth-order valence-electron chi connectivity index (χ4n) is 5.77. The lowest BCUT2D eigenvalue weighted by molar-refractivity contribution is 0.0301. The number of phenols is 1. The van der Waals surface area contributed by atoms with Crippen molar-refractivity contribution in [3.8, 4) is 5.75 Å². The van der Waals surface area contributed by atoms with Crippen LogP contribution in [-0.2, 0) is 11.2 Å². The lowest BCUT2D eigenvalue weighted by atomic mass is 9.95. The maximum Gasteiger partial charge on any atom is 0.148 e. The molecule has 33 heavy (non-hydrogen) atoms. The number of nitrogens with zero attached hydrogens (tertiary/aromatic N) is 3. The highest BCUT2D eigenvalue weighted by molar-refractivity contribution is 5.83. The van der Waals surface area contributed by atoms with E-state index in [2.05, 4.69) is 20.8 Å². The monoisotopic (exact) mass is 451 g/mol. The quantitative estimate of drug-likeness (QED) is 0.733. The summed E-state index contributed by atoms with van der Waals surface area (Å²) in [7, 11) is 1.80. The van der Waals surface area contributed by atoms with Crippen molar-refractivity contribution in [3.63, 3.8) is 0 Å². The van der Waals surface area contributed by atoms with Gasteiger partial charge in [0, 0.05) is 62.8 Å². The van der Waals surface area contributed by atoms with E-state index < -0.39 is 0 Å². The smallest absolute Gasteiger partial charge is 0.148 e. The Morgan fingerprint density at radius 1 is 1.03 bits per heavy atom. The molecule has 0 bridgehead atoms. The van der Waals surface area contributed by atoms with E-state index in [-0.39, 0.29) is 5.82 Å². The Bertz CT molecular complexity index is 1030. The molecule has 5 rings (SSSR count). The van der Waals surface area contributed by atoms with Gasteiger partial charge >= 0.3 is 0 Å². The first kappa shape index (κ1) is 22.2. The number of rotatable bonds is 4. The maximum absolute atomic E-state index is 15.4. The molecule has 0 amide bonds. The topological polar surface area (TPSA) is 39.2 Å². The summed E-state index contributed by atoms with van der Waals surface area (Å²) in [6.07, 6.45) is 6.52. The summed E-state index contributed by atoms with van der Waals surface area (Å²) in [4.78, 5) is 6.94. The molecule has 0 aliphatic carbocycles. The number of hydrogen-bond donors (Lipinski definition) is 1. The van der Waals surface area contributed by atoms with Crippen LogP contribution in [0.25, 0.3) is 5.70 Å². The minimum atomic E-state index is -0.154. The highest BCUT2D eigenvalue weighted by Crippen LogP contribution is 2.37. The van der Waals surface area contributed by atoms with Crippen LogP contribution in [0, 0.1) is 5.82 Å². The third-order valence-corrected chi connectivity index (χ3v) is 7.61. The van der Waals surface area contributed by atoms with Gasteiger partial charge in [-0.1, -0.05) is 6.08 Å². The van der Waals surface area contributed by atoms with E-state index >= 15 is 4.39 Å². The van der Waals surface area contributed by atoms with Crippen LogP contribution < -0.4 is 9.80 Å². The first-order valence-corrected chi connectivity index (χ1v) is 12.1. The summed E-state index contributed by atoms with van der Waals surface area (Å²) < 4.78 is 20.9. The number of halogens is 1. The summed E-state index contributed by atoms with van der Waals surface area (Å²) in [6.45, 7) is 6.69. The van der Waals surface area contributed by atoms with Gasteiger partial charge in [0.05, 0.1) is 11.8 Å². The normalized spacial score (nSPS) is 23.4. The molecule has 3 aliphatic rings. The molecule has 0 aromatic heterocycles. The predicted molar refractivity (Wildman–Crippen MR) is 131 cm³/mol. The highest BCUT2D eigenvalue weighted by Gasteiger charge is 2.32. The molecule has 6 heteroatoms. The van der Waals surface area contributed by atoms with Gasteiger partial charge in [0.25, 0.3) is 0 Å². The van der Waals surface area contributed by atoms with Gasteiger partial charge in [-0.2, -0.15) is 0 Å². The number of fused-ring (bicyclic) bond motifs is 1. The van der Waals surface area contributed by atoms with Crippen LogP contribution in [0.15, 0.2) is 42.5 Å². The number of phenolic OH excluding ortho intramolecular Hbond substituents is 1. The number of likely N-dealkylation sites (tertiary alicyclic amines) is 1. The molecule has 0 radical (unpaired) electrons. The number of ether oxygens (including phenoxy) is 1.